The lowest BCUT2D eigenvalue weighted by Crippen LogP contribution is -2.10. The molecule has 0 aliphatic rings. The SMILES string of the molecule is CC(C)c1cccc(OCC(=O)c2cccs2)c1. The Morgan fingerprint density at radius 3 is 2.78 bits per heavy atom. The van der Waals surface area contributed by atoms with Crippen molar-refractivity contribution < 1.29 is 9.53 Å². The largest absolute Gasteiger partial charge is 0.485 e. The summed E-state index contributed by atoms with van der Waals surface area (Å²) in [5.41, 5.74) is 1.22. The standard InChI is InChI=1S/C15H16O2S/c1-11(2)12-5-3-6-13(9-12)17-10-14(16)15-7-4-8-18-15/h3-9,11H,10H2,1-2H3. The quantitative estimate of drug-likeness (QED) is 0.755. The second-order valence-corrected chi connectivity index (χ2v) is 5.36. The number of hydrogen-bond donors (Lipinski definition) is 0. The van der Waals surface area contributed by atoms with E-state index in [-0.39, 0.29) is 12.4 Å². The molecule has 18 heavy (non-hydrogen) atoms. The predicted molar refractivity (Wildman–Crippen MR) is 74.7 cm³/mol. The fraction of sp³-hybridized carbons (Fsp3) is 0.267. The maximum absolute atomic E-state index is 11.8. The molecule has 0 amide bonds. The van der Waals surface area contributed by atoms with E-state index in [9.17, 15) is 4.79 Å². The third-order valence-corrected chi connectivity index (χ3v) is 3.60. The second-order valence-electron chi connectivity index (χ2n) is 4.42. The molecule has 0 saturated carbocycles. The van der Waals surface area contributed by atoms with Gasteiger partial charge in [-0.3, -0.25) is 4.79 Å². The average molecular weight is 260 g/mol. The first-order valence-electron chi connectivity index (χ1n) is 5.96. The van der Waals surface area contributed by atoms with Crippen LogP contribution in [0.4, 0.5) is 0 Å². The minimum atomic E-state index is 0.0277. The molecule has 0 saturated heterocycles. The highest BCUT2D eigenvalue weighted by atomic mass is 32.1. The minimum absolute atomic E-state index is 0.0277. The number of ether oxygens (including phenoxy) is 1. The number of Topliss-reactive ketones (excluding diaryl/α,β-unsaturated/α-hetero) is 1. The molecule has 2 rings (SSSR count). The van der Waals surface area contributed by atoms with Crippen LogP contribution in [0.5, 0.6) is 5.75 Å². The molecule has 0 bridgehead atoms. The van der Waals surface area contributed by atoms with Gasteiger partial charge in [-0.05, 0) is 35.1 Å². The zero-order valence-corrected chi connectivity index (χ0v) is 11.4. The van der Waals surface area contributed by atoms with Gasteiger partial charge in [0.25, 0.3) is 0 Å². The Labute approximate surface area is 111 Å². The van der Waals surface area contributed by atoms with Gasteiger partial charge in [0.15, 0.2) is 6.61 Å². The smallest absolute Gasteiger partial charge is 0.210 e. The molecule has 0 fully saturated rings. The Morgan fingerprint density at radius 1 is 1.28 bits per heavy atom. The van der Waals surface area contributed by atoms with Crippen molar-refractivity contribution in [2.24, 2.45) is 0 Å². The Morgan fingerprint density at radius 2 is 2.11 bits per heavy atom. The van der Waals surface area contributed by atoms with Crippen LogP contribution in [0.2, 0.25) is 0 Å². The van der Waals surface area contributed by atoms with Crippen LogP contribution in [0.1, 0.15) is 35.0 Å². The molecule has 0 atom stereocenters. The monoisotopic (exact) mass is 260 g/mol. The van der Waals surface area contributed by atoms with Crippen molar-refractivity contribution >= 4 is 17.1 Å². The van der Waals surface area contributed by atoms with Gasteiger partial charge in [0.05, 0.1) is 4.88 Å². The van der Waals surface area contributed by atoms with E-state index in [4.69, 9.17) is 4.74 Å². The second kappa shape index (κ2) is 5.83. The van der Waals surface area contributed by atoms with Crippen molar-refractivity contribution in [2.75, 3.05) is 6.61 Å². The predicted octanol–water partition coefficient (Wildman–Crippen LogP) is 4.13. The summed E-state index contributed by atoms with van der Waals surface area (Å²) in [5, 5.41) is 1.90. The summed E-state index contributed by atoms with van der Waals surface area (Å²) >= 11 is 1.44. The van der Waals surface area contributed by atoms with E-state index in [0.717, 1.165) is 10.6 Å². The summed E-state index contributed by atoms with van der Waals surface area (Å²) in [6.07, 6.45) is 0. The van der Waals surface area contributed by atoms with E-state index in [1.165, 1.54) is 16.9 Å². The zero-order valence-electron chi connectivity index (χ0n) is 10.6. The lowest BCUT2D eigenvalue weighted by molar-refractivity contribution is 0.0925. The molecule has 0 unspecified atom stereocenters. The van der Waals surface area contributed by atoms with Crippen molar-refractivity contribution in [1.29, 1.82) is 0 Å². The van der Waals surface area contributed by atoms with Crippen molar-refractivity contribution in [3.8, 4) is 5.75 Å². The van der Waals surface area contributed by atoms with Crippen LogP contribution in [-0.2, 0) is 0 Å². The molecule has 0 aliphatic carbocycles. The molecule has 1 aromatic heterocycles. The summed E-state index contributed by atoms with van der Waals surface area (Å²) in [5.74, 6) is 1.24. The van der Waals surface area contributed by atoms with Gasteiger partial charge >= 0.3 is 0 Å². The average Bonchev–Trinajstić information content (AvgIpc) is 2.90. The van der Waals surface area contributed by atoms with Crippen LogP contribution in [0.25, 0.3) is 0 Å². The normalized spacial score (nSPS) is 10.6. The van der Waals surface area contributed by atoms with Crippen LogP contribution >= 0.6 is 11.3 Å². The number of rotatable bonds is 5. The molecule has 0 radical (unpaired) electrons. The first kappa shape index (κ1) is 12.8. The fourth-order valence-electron chi connectivity index (χ4n) is 1.62. The van der Waals surface area contributed by atoms with Crippen molar-refractivity contribution in [3.05, 3.63) is 52.2 Å². The number of hydrogen-bond acceptors (Lipinski definition) is 3. The molecule has 0 spiro atoms. The van der Waals surface area contributed by atoms with Crippen LogP contribution in [0.3, 0.4) is 0 Å². The number of ketones is 1. The first-order chi connectivity index (χ1) is 8.66. The molecular formula is C15H16O2S. The Hall–Kier alpha value is -1.61. The van der Waals surface area contributed by atoms with E-state index in [2.05, 4.69) is 19.9 Å². The molecule has 1 aromatic carbocycles. The highest BCUT2D eigenvalue weighted by Crippen LogP contribution is 2.20. The van der Waals surface area contributed by atoms with Crippen LogP contribution in [0.15, 0.2) is 41.8 Å². The lowest BCUT2D eigenvalue weighted by Gasteiger charge is -2.09. The minimum Gasteiger partial charge on any atom is -0.485 e. The van der Waals surface area contributed by atoms with Gasteiger partial charge in [-0.25, -0.2) is 0 Å². The highest BCUT2D eigenvalue weighted by molar-refractivity contribution is 7.12. The lowest BCUT2D eigenvalue weighted by atomic mass is 10.0. The van der Waals surface area contributed by atoms with Gasteiger partial charge < -0.3 is 4.74 Å². The van der Waals surface area contributed by atoms with Gasteiger partial charge in [-0.1, -0.05) is 32.0 Å². The van der Waals surface area contributed by atoms with Crippen molar-refractivity contribution in [3.63, 3.8) is 0 Å². The first-order valence-corrected chi connectivity index (χ1v) is 6.84. The van der Waals surface area contributed by atoms with E-state index < -0.39 is 0 Å². The molecule has 0 aliphatic heterocycles. The van der Waals surface area contributed by atoms with Gasteiger partial charge in [-0.2, -0.15) is 0 Å². The van der Waals surface area contributed by atoms with Crippen molar-refractivity contribution in [1.82, 2.24) is 0 Å². The Kier molecular flexibility index (Phi) is 4.15. The summed E-state index contributed by atoms with van der Waals surface area (Å²) < 4.78 is 5.54. The molecule has 3 heteroatoms. The van der Waals surface area contributed by atoms with E-state index in [1.54, 1.807) is 0 Å². The summed E-state index contributed by atoms with van der Waals surface area (Å²) in [6.45, 7) is 4.37. The van der Waals surface area contributed by atoms with Crippen LogP contribution in [0, 0.1) is 0 Å². The Balaban J connectivity index is 1.98. The summed E-state index contributed by atoms with van der Waals surface area (Å²) in [7, 11) is 0. The number of benzene rings is 1. The maximum atomic E-state index is 11.8. The third-order valence-electron chi connectivity index (χ3n) is 2.69. The fourth-order valence-corrected chi connectivity index (χ4v) is 2.27. The highest BCUT2D eigenvalue weighted by Gasteiger charge is 2.08. The zero-order chi connectivity index (χ0) is 13.0. The van der Waals surface area contributed by atoms with Gasteiger partial charge in [-0.15, -0.1) is 11.3 Å². The van der Waals surface area contributed by atoms with E-state index >= 15 is 0 Å². The number of thiophene rings is 1. The van der Waals surface area contributed by atoms with Gasteiger partial charge in [0.1, 0.15) is 5.75 Å². The van der Waals surface area contributed by atoms with E-state index in [1.807, 2.05) is 35.7 Å². The van der Waals surface area contributed by atoms with Crippen LogP contribution in [-0.4, -0.2) is 12.4 Å². The molecule has 2 nitrogen and oxygen atoms in total. The topological polar surface area (TPSA) is 26.3 Å². The van der Waals surface area contributed by atoms with E-state index in [0.29, 0.717) is 5.92 Å². The van der Waals surface area contributed by atoms with Gasteiger partial charge in [0, 0.05) is 0 Å². The summed E-state index contributed by atoms with van der Waals surface area (Å²) in [4.78, 5) is 12.5. The van der Waals surface area contributed by atoms with Crippen molar-refractivity contribution in [2.45, 2.75) is 19.8 Å². The van der Waals surface area contributed by atoms with Crippen LogP contribution < -0.4 is 4.74 Å². The third kappa shape index (κ3) is 3.20. The molecule has 0 N–H and O–H groups in total. The number of carbonyl (C=O) groups excluding carboxylic acids is 1. The molecule has 94 valence electrons. The maximum Gasteiger partial charge on any atom is 0.210 e. The molecule has 2 aromatic rings. The van der Waals surface area contributed by atoms with Gasteiger partial charge in [0.2, 0.25) is 5.78 Å². The molecule has 1 heterocycles. The molecular weight excluding hydrogens is 244 g/mol. The Bertz CT molecular complexity index is 515. The number of carbonyl (C=O) groups is 1. The summed E-state index contributed by atoms with van der Waals surface area (Å²) in [6, 6.07) is 11.6.